The number of anilines is 2. The molecule has 2 aliphatic carbocycles. The number of nitrogens with one attached hydrogen (secondary N) is 1. The molecule has 0 unspecified atom stereocenters. The Labute approximate surface area is 348 Å². The first kappa shape index (κ1) is 40.6. The van der Waals surface area contributed by atoms with Crippen LogP contribution >= 0.6 is 0 Å². The standard InChI is InChI=1S/C22H20FN5O2.C15H10FN3O2.C7H12N2O/c23-14-3-1-2-13(8-14)18-7-6-16-17(9-25-20(24)19(16)27-18)21(29)26-15-10-28(11-15)22(30)12-4-5-12;16-9-3-1-2-8(6-9)12-5-4-10-11(15(20)21)7-18-14(17)13(10)19-12;8-6-3-9(4-6)7(10)5-1-2-5/h1-3,6-9,12,15H,4-5,10-11H2,(H2,24,25)(H,26,29);1-7H,(H2,17,18)(H,20,21);5-6H,1-4,8H2. The largest absolute Gasteiger partial charge is 0.478 e. The monoisotopic (exact) mass is 828 g/mol. The lowest BCUT2D eigenvalue weighted by Crippen LogP contribution is -2.61. The molecule has 2 saturated carbocycles. The van der Waals surface area contributed by atoms with Gasteiger partial charge < -0.3 is 37.4 Å². The van der Waals surface area contributed by atoms with Gasteiger partial charge >= 0.3 is 5.97 Å². The molecule has 4 aromatic heterocycles. The second-order valence-electron chi connectivity index (χ2n) is 15.6. The number of carbonyl (C=O) groups is 4. The van der Waals surface area contributed by atoms with Gasteiger partial charge in [0.2, 0.25) is 11.8 Å². The highest BCUT2D eigenvalue weighted by Gasteiger charge is 2.40. The molecule has 6 heterocycles. The zero-order chi connectivity index (χ0) is 42.9. The number of carboxylic acids is 1. The summed E-state index contributed by atoms with van der Waals surface area (Å²) in [5.41, 5.74) is 20.6. The van der Waals surface area contributed by atoms with E-state index >= 15 is 0 Å². The average Bonchev–Trinajstić information content (AvgIpc) is 4.16. The van der Waals surface area contributed by atoms with Crippen LogP contribution in [0, 0.1) is 23.5 Å². The minimum Gasteiger partial charge on any atom is -0.478 e. The van der Waals surface area contributed by atoms with Crippen molar-refractivity contribution in [2.24, 2.45) is 17.6 Å². The fourth-order valence-corrected chi connectivity index (χ4v) is 7.12. The number of aromatic nitrogens is 4. The molecule has 6 aromatic rings. The van der Waals surface area contributed by atoms with Gasteiger partial charge in [-0.3, -0.25) is 14.4 Å². The van der Waals surface area contributed by atoms with Crippen molar-refractivity contribution >= 4 is 57.1 Å². The van der Waals surface area contributed by atoms with Gasteiger partial charge in [0.25, 0.3) is 5.91 Å². The van der Waals surface area contributed by atoms with Gasteiger partial charge in [-0.15, -0.1) is 0 Å². The smallest absolute Gasteiger partial charge is 0.337 e. The fourth-order valence-electron chi connectivity index (χ4n) is 7.12. The van der Waals surface area contributed by atoms with Gasteiger partial charge in [-0.2, -0.15) is 0 Å². The van der Waals surface area contributed by atoms with Crippen molar-refractivity contribution in [1.29, 1.82) is 0 Å². The van der Waals surface area contributed by atoms with Crippen LogP contribution in [0.15, 0.2) is 85.2 Å². The van der Waals surface area contributed by atoms with Crippen LogP contribution in [0.25, 0.3) is 44.3 Å². The van der Waals surface area contributed by atoms with E-state index in [0.29, 0.717) is 69.3 Å². The summed E-state index contributed by atoms with van der Waals surface area (Å²) >= 11 is 0. The predicted molar refractivity (Wildman–Crippen MR) is 223 cm³/mol. The van der Waals surface area contributed by atoms with Crippen molar-refractivity contribution in [3.63, 3.8) is 0 Å². The summed E-state index contributed by atoms with van der Waals surface area (Å²) in [4.78, 5) is 67.7. The van der Waals surface area contributed by atoms with Gasteiger partial charge in [-0.1, -0.05) is 24.3 Å². The number of carboxylic acid groups (broad SMARTS) is 1. The number of pyridine rings is 4. The minimum atomic E-state index is -1.10. The Morgan fingerprint density at radius 1 is 0.656 bits per heavy atom. The fraction of sp³-hybridized carbons (Fsp3) is 0.273. The average molecular weight is 829 g/mol. The predicted octanol–water partition coefficient (Wildman–Crippen LogP) is 4.65. The molecular formula is C44H42F2N10O5. The number of nitrogens with zero attached hydrogens (tertiary/aromatic N) is 6. The number of fused-ring (bicyclic) bond motifs is 2. The lowest BCUT2D eigenvalue weighted by atomic mass is 10.0. The van der Waals surface area contributed by atoms with E-state index in [1.54, 1.807) is 53.4 Å². The Bertz CT molecular complexity index is 2700. The maximum Gasteiger partial charge on any atom is 0.337 e. The van der Waals surface area contributed by atoms with Crippen LogP contribution < -0.4 is 22.5 Å². The summed E-state index contributed by atoms with van der Waals surface area (Å²) < 4.78 is 26.8. The van der Waals surface area contributed by atoms with E-state index in [1.165, 1.54) is 36.7 Å². The van der Waals surface area contributed by atoms with Gasteiger partial charge in [0.1, 0.15) is 34.3 Å². The quantitative estimate of drug-likeness (QED) is 0.148. The van der Waals surface area contributed by atoms with E-state index in [0.717, 1.165) is 38.8 Å². The topological polar surface area (TPSA) is 237 Å². The van der Waals surface area contributed by atoms with Crippen molar-refractivity contribution in [1.82, 2.24) is 35.1 Å². The Morgan fingerprint density at radius 2 is 1.11 bits per heavy atom. The molecule has 10 rings (SSSR count). The number of rotatable bonds is 7. The number of likely N-dealkylation sites (tertiary alicyclic amines) is 2. The molecule has 0 atom stereocenters. The highest BCUT2D eigenvalue weighted by atomic mass is 19.1. The van der Waals surface area contributed by atoms with Crippen LogP contribution in [0.5, 0.6) is 0 Å². The van der Waals surface area contributed by atoms with Gasteiger partial charge in [-0.05, 0) is 74.2 Å². The van der Waals surface area contributed by atoms with Crippen molar-refractivity contribution < 1.29 is 33.1 Å². The molecule has 4 aliphatic rings. The van der Waals surface area contributed by atoms with Gasteiger partial charge in [0.15, 0.2) is 0 Å². The number of carbonyl (C=O) groups excluding carboxylic acids is 3. The maximum atomic E-state index is 13.6. The molecular weight excluding hydrogens is 787 g/mol. The SMILES string of the molecule is NC1CN(C(=O)C2CC2)C1.Nc1ncc(C(=O)NC2CN(C(=O)C3CC3)C2)c2ccc(-c3cccc(F)c3)nc12.Nc1ncc(C(=O)O)c2ccc(-c3cccc(F)c3)nc12. The molecule has 17 heteroatoms. The molecule has 8 N–H and O–H groups in total. The second-order valence-corrected chi connectivity index (χ2v) is 15.6. The summed E-state index contributed by atoms with van der Waals surface area (Å²) in [5, 5.41) is 13.1. The Hall–Kier alpha value is -7.14. The highest BCUT2D eigenvalue weighted by molar-refractivity contribution is 6.08. The van der Waals surface area contributed by atoms with Crippen LogP contribution in [0.1, 0.15) is 46.4 Å². The maximum absolute atomic E-state index is 13.6. The first-order valence-electron chi connectivity index (χ1n) is 19.8. The number of aromatic carboxylic acids is 1. The Morgan fingerprint density at radius 3 is 1.56 bits per heavy atom. The van der Waals surface area contributed by atoms with E-state index in [4.69, 9.17) is 22.3 Å². The zero-order valence-corrected chi connectivity index (χ0v) is 32.8. The summed E-state index contributed by atoms with van der Waals surface area (Å²) in [7, 11) is 0. The summed E-state index contributed by atoms with van der Waals surface area (Å²) in [6.45, 7) is 2.64. The molecule has 15 nitrogen and oxygen atoms in total. The normalized spacial score (nSPS) is 16.0. The van der Waals surface area contributed by atoms with Crippen molar-refractivity contribution in [3.05, 3.63) is 108 Å². The van der Waals surface area contributed by atoms with Gasteiger partial charge in [-0.25, -0.2) is 33.5 Å². The summed E-state index contributed by atoms with van der Waals surface area (Å²) in [6.07, 6.45) is 6.78. The molecule has 0 radical (unpaired) electrons. The van der Waals surface area contributed by atoms with Crippen LogP contribution in [-0.2, 0) is 9.59 Å². The number of hydrogen-bond acceptors (Lipinski definition) is 11. The first-order chi connectivity index (χ1) is 29.3. The first-order valence-corrected chi connectivity index (χ1v) is 19.8. The molecule has 0 bridgehead atoms. The van der Waals surface area contributed by atoms with E-state index in [2.05, 4.69) is 25.3 Å². The van der Waals surface area contributed by atoms with Crippen LogP contribution in [0.3, 0.4) is 0 Å². The summed E-state index contributed by atoms with van der Waals surface area (Å²) in [6, 6.07) is 19.0. The third kappa shape index (κ3) is 9.06. The van der Waals surface area contributed by atoms with Crippen LogP contribution in [0.2, 0.25) is 0 Å². The number of nitrogens with two attached hydrogens (primary N) is 3. The number of halogens is 2. The third-order valence-corrected chi connectivity index (χ3v) is 10.8. The lowest BCUT2D eigenvalue weighted by Gasteiger charge is -2.39. The van der Waals surface area contributed by atoms with Crippen molar-refractivity contribution in [3.8, 4) is 22.5 Å². The van der Waals surface area contributed by atoms with E-state index in [-0.39, 0.29) is 64.2 Å². The van der Waals surface area contributed by atoms with Crippen molar-refractivity contribution in [2.45, 2.75) is 37.8 Å². The second kappa shape index (κ2) is 16.8. The third-order valence-electron chi connectivity index (χ3n) is 10.8. The molecule has 2 saturated heterocycles. The number of amides is 3. The molecule has 312 valence electrons. The molecule has 2 aromatic carbocycles. The van der Waals surface area contributed by atoms with E-state index in [1.807, 2.05) is 4.90 Å². The Balaban J connectivity index is 0.000000143. The number of nitrogen functional groups attached to an aromatic ring is 2. The molecule has 4 fully saturated rings. The van der Waals surface area contributed by atoms with Crippen molar-refractivity contribution in [2.75, 3.05) is 37.6 Å². The zero-order valence-electron chi connectivity index (χ0n) is 32.8. The number of hydrogen-bond donors (Lipinski definition) is 5. The van der Waals surface area contributed by atoms with Gasteiger partial charge in [0.05, 0.1) is 28.6 Å². The lowest BCUT2D eigenvalue weighted by molar-refractivity contribution is -0.137. The molecule has 3 amide bonds. The summed E-state index contributed by atoms with van der Waals surface area (Å²) in [5.74, 6) is -0.709. The van der Waals surface area contributed by atoms with E-state index < -0.39 is 5.97 Å². The molecule has 61 heavy (non-hydrogen) atoms. The van der Waals surface area contributed by atoms with Crippen LogP contribution in [0.4, 0.5) is 20.4 Å². The van der Waals surface area contributed by atoms with Crippen LogP contribution in [-0.4, -0.2) is 96.8 Å². The minimum absolute atomic E-state index is 0.0255. The highest BCUT2D eigenvalue weighted by Crippen LogP contribution is 2.34. The Kier molecular flexibility index (Phi) is 11.2. The number of benzene rings is 2. The molecule has 2 aliphatic heterocycles. The van der Waals surface area contributed by atoms with Gasteiger partial charge in [0, 0.05) is 78.3 Å². The van der Waals surface area contributed by atoms with E-state index in [9.17, 15) is 28.0 Å². The molecule has 0 spiro atoms.